The van der Waals surface area contributed by atoms with Crippen molar-refractivity contribution in [3.8, 4) is 74.0 Å². The van der Waals surface area contributed by atoms with E-state index in [9.17, 15) is 0 Å². The molecular formula is C74H70I3N7S. The zero-order valence-electron chi connectivity index (χ0n) is 49.2. The van der Waals surface area contributed by atoms with Gasteiger partial charge in [-0.05, 0) is 263 Å². The van der Waals surface area contributed by atoms with E-state index in [-0.39, 0.29) is 0 Å². The smallest absolute Gasteiger partial charge is 0.166 e. The molecule has 0 bridgehead atoms. The number of benzene rings is 8. The van der Waals surface area contributed by atoms with E-state index in [1.165, 1.54) is 58.8 Å². The Kier molecular flexibility index (Phi) is 18.8. The van der Waals surface area contributed by atoms with Crippen LogP contribution in [0.4, 0.5) is 0 Å². The Labute approximate surface area is 545 Å². The van der Waals surface area contributed by atoms with Crippen molar-refractivity contribution in [1.82, 2.24) is 34.5 Å². The average Bonchev–Trinajstić information content (AvgIpc) is 3.69. The summed E-state index contributed by atoms with van der Waals surface area (Å²) in [6.07, 6.45) is 16.1. The number of thiophene rings is 1. The van der Waals surface area contributed by atoms with Gasteiger partial charge in [0.15, 0.2) is 34.9 Å². The minimum atomic E-state index is 0.583. The summed E-state index contributed by atoms with van der Waals surface area (Å²) in [7, 11) is 0. The third-order valence-corrected chi connectivity index (χ3v) is 19.3. The van der Waals surface area contributed by atoms with Crippen LogP contribution in [0.2, 0.25) is 0 Å². The Morgan fingerprint density at radius 3 is 1.25 bits per heavy atom. The molecule has 428 valence electrons. The highest BCUT2D eigenvalue weighted by molar-refractivity contribution is 14.1. The SMILES string of the molecule is CCCCc1cc(I)cc(-c2nc(-c3cc(I)cc(CCCC)c3)nc(-c3ccc(-n4c5ccccc5c5c6sc7ccccc7c6ccc54)c(-c4nc(-c5cc(I)cc(CCCC)c5)nc(-c5cc(CCCC)cc(CCCC)c5)n4)c3)n2)c1. The molecule has 0 unspecified atom stereocenters. The van der Waals surface area contributed by atoms with Gasteiger partial charge in [0, 0.05) is 75.0 Å². The number of para-hydroxylation sites is 1. The molecule has 0 aliphatic rings. The fraction of sp³-hybridized carbons (Fsp3) is 0.270. The lowest BCUT2D eigenvalue weighted by molar-refractivity contribution is 0.780. The summed E-state index contributed by atoms with van der Waals surface area (Å²) in [5, 5.41) is 4.98. The molecule has 11 heteroatoms. The number of unbranched alkanes of at least 4 members (excludes halogenated alkanes) is 5. The molecule has 8 aromatic carbocycles. The number of fused-ring (bicyclic) bond motifs is 7. The Bertz CT molecular complexity index is 4330. The van der Waals surface area contributed by atoms with Crippen LogP contribution in [0.25, 0.3) is 116 Å². The molecule has 0 saturated heterocycles. The molecule has 0 atom stereocenters. The molecule has 7 nitrogen and oxygen atoms in total. The highest BCUT2D eigenvalue weighted by Gasteiger charge is 2.25. The van der Waals surface area contributed by atoms with Crippen LogP contribution in [-0.2, 0) is 32.1 Å². The van der Waals surface area contributed by atoms with Crippen molar-refractivity contribution in [2.24, 2.45) is 0 Å². The molecule has 0 amide bonds. The minimum Gasteiger partial charge on any atom is -0.308 e. The maximum Gasteiger partial charge on any atom is 0.166 e. The van der Waals surface area contributed by atoms with Gasteiger partial charge in [-0.15, -0.1) is 11.3 Å². The van der Waals surface area contributed by atoms with Crippen molar-refractivity contribution in [3.05, 3.63) is 190 Å². The van der Waals surface area contributed by atoms with Crippen molar-refractivity contribution in [2.45, 2.75) is 131 Å². The number of halogens is 3. The van der Waals surface area contributed by atoms with Gasteiger partial charge in [0.1, 0.15) is 0 Å². The van der Waals surface area contributed by atoms with E-state index in [0.29, 0.717) is 34.9 Å². The Morgan fingerprint density at radius 1 is 0.353 bits per heavy atom. The molecule has 0 spiro atoms. The minimum absolute atomic E-state index is 0.583. The number of hydrogen-bond acceptors (Lipinski definition) is 7. The number of rotatable bonds is 22. The predicted molar refractivity (Wildman–Crippen MR) is 384 cm³/mol. The van der Waals surface area contributed by atoms with Gasteiger partial charge in [0.05, 0.1) is 16.7 Å². The second-order valence-electron chi connectivity index (χ2n) is 22.7. The van der Waals surface area contributed by atoms with Crippen molar-refractivity contribution >= 4 is 121 Å². The van der Waals surface area contributed by atoms with E-state index in [4.69, 9.17) is 29.9 Å². The van der Waals surface area contributed by atoms with Crippen LogP contribution in [0.5, 0.6) is 0 Å². The van der Waals surface area contributed by atoms with Gasteiger partial charge in [-0.2, -0.15) is 0 Å². The highest BCUT2D eigenvalue weighted by atomic mass is 127. The molecule has 0 fully saturated rings. The molecule has 0 aliphatic carbocycles. The zero-order chi connectivity index (χ0) is 58.6. The quantitative estimate of drug-likeness (QED) is 0.0629. The summed E-state index contributed by atoms with van der Waals surface area (Å²) >= 11 is 9.25. The normalized spacial score (nSPS) is 11.8. The first kappa shape index (κ1) is 59.3. The van der Waals surface area contributed by atoms with Gasteiger partial charge in [-0.1, -0.05) is 115 Å². The summed E-state index contributed by atoms with van der Waals surface area (Å²) in [5.74, 6) is 3.78. The van der Waals surface area contributed by atoms with Crippen LogP contribution < -0.4 is 0 Å². The lowest BCUT2D eigenvalue weighted by Gasteiger charge is -2.17. The highest BCUT2D eigenvalue weighted by Crippen LogP contribution is 2.45. The number of hydrogen-bond donors (Lipinski definition) is 0. The lowest BCUT2D eigenvalue weighted by Crippen LogP contribution is -2.06. The van der Waals surface area contributed by atoms with Crippen LogP contribution in [0.3, 0.4) is 0 Å². The number of nitrogens with zero attached hydrogens (tertiary/aromatic N) is 7. The van der Waals surface area contributed by atoms with E-state index in [1.807, 2.05) is 11.3 Å². The lowest BCUT2D eigenvalue weighted by atomic mass is 9.98. The van der Waals surface area contributed by atoms with Crippen LogP contribution in [0, 0.1) is 10.7 Å². The number of aryl methyl sites for hydroxylation is 5. The molecule has 0 saturated carbocycles. The third kappa shape index (κ3) is 13.0. The number of aromatic nitrogens is 7. The monoisotopic (exact) mass is 1470 g/mol. The maximum atomic E-state index is 5.71. The fourth-order valence-electron chi connectivity index (χ4n) is 11.9. The molecule has 4 heterocycles. The van der Waals surface area contributed by atoms with Crippen molar-refractivity contribution < 1.29 is 0 Å². The van der Waals surface area contributed by atoms with Gasteiger partial charge in [0.2, 0.25) is 0 Å². The topological polar surface area (TPSA) is 82.3 Å². The average molecular weight is 1470 g/mol. The summed E-state index contributed by atoms with van der Waals surface area (Å²) in [4.78, 5) is 33.3. The first-order valence-corrected chi connectivity index (χ1v) is 34.7. The van der Waals surface area contributed by atoms with E-state index >= 15 is 0 Å². The Hall–Kier alpha value is -6.01. The fourth-order valence-corrected chi connectivity index (χ4v) is 15.4. The first-order valence-electron chi connectivity index (χ1n) is 30.6. The van der Waals surface area contributed by atoms with Crippen molar-refractivity contribution in [3.63, 3.8) is 0 Å². The van der Waals surface area contributed by atoms with Crippen LogP contribution in [-0.4, -0.2) is 34.5 Å². The summed E-state index contributed by atoms with van der Waals surface area (Å²) in [6, 6.07) is 56.5. The standard InChI is InChI=1S/C74H70I3N7S/c1-6-11-20-46-33-47(21-12-7-2)35-52(34-46)70-80-73(55-38-50(24-15-10-5)41-58(77)44-55)83-74(82-70)62-45-51(29-31-64(62)84-63-27-18-16-26-61(63)67-65(84)32-30-60-59-25-17-19-28-66(59)85-68(60)67)69-78-71(53-36-48(22-13-8-3)39-56(75)42-53)81-72(79-69)54-37-49(23-14-9-4)40-57(76)43-54/h16-19,25-45H,6-15,20-24H2,1-5H3. The van der Waals surface area contributed by atoms with Gasteiger partial charge >= 0.3 is 0 Å². The Morgan fingerprint density at radius 2 is 0.765 bits per heavy atom. The molecular weight excluding hydrogens is 1400 g/mol. The van der Waals surface area contributed by atoms with E-state index in [1.54, 1.807) is 0 Å². The van der Waals surface area contributed by atoms with E-state index < -0.39 is 0 Å². The van der Waals surface area contributed by atoms with Gasteiger partial charge in [0.25, 0.3) is 0 Å². The molecule has 0 aliphatic heterocycles. The van der Waals surface area contributed by atoms with Crippen molar-refractivity contribution in [1.29, 1.82) is 0 Å². The third-order valence-electron chi connectivity index (χ3n) is 16.2. The van der Waals surface area contributed by atoms with Gasteiger partial charge in [-0.25, -0.2) is 29.9 Å². The second kappa shape index (κ2) is 26.9. The summed E-state index contributed by atoms with van der Waals surface area (Å²) in [5.41, 5.74) is 15.3. The molecule has 12 rings (SSSR count). The molecule has 0 radical (unpaired) electrons. The largest absolute Gasteiger partial charge is 0.308 e. The summed E-state index contributed by atoms with van der Waals surface area (Å²) in [6.45, 7) is 11.3. The maximum absolute atomic E-state index is 5.71. The second-order valence-corrected chi connectivity index (χ2v) is 27.5. The van der Waals surface area contributed by atoms with Crippen LogP contribution >= 0.6 is 79.1 Å². The van der Waals surface area contributed by atoms with E-state index in [0.717, 1.165) is 157 Å². The predicted octanol–water partition coefficient (Wildman–Crippen LogP) is 22.1. The summed E-state index contributed by atoms with van der Waals surface area (Å²) < 4.78 is 8.48. The molecule has 12 aromatic rings. The van der Waals surface area contributed by atoms with E-state index in [2.05, 4.69) is 259 Å². The van der Waals surface area contributed by atoms with Crippen LogP contribution in [0.1, 0.15) is 127 Å². The Balaban J connectivity index is 1.16. The molecule has 0 N–H and O–H groups in total. The van der Waals surface area contributed by atoms with Gasteiger partial charge in [-0.3, -0.25) is 0 Å². The van der Waals surface area contributed by atoms with Gasteiger partial charge < -0.3 is 4.57 Å². The van der Waals surface area contributed by atoms with Crippen molar-refractivity contribution in [2.75, 3.05) is 0 Å². The molecule has 85 heavy (non-hydrogen) atoms. The zero-order valence-corrected chi connectivity index (χ0v) is 56.5. The first-order chi connectivity index (χ1) is 41.6. The molecule has 4 aromatic heterocycles. The van der Waals surface area contributed by atoms with Crippen LogP contribution in [0.15, 0.2) is 152 Å².